The highest BCUT2D eigenvalue weighted by atomic mass is 32.1. The molecule has 0 saturated heterocycles. The van der Waals surface area contributed by atoms with Gasteiger partial charge in [0.05, 0.1) is 11.3 Å². The van der Waals surface area contributed by atoms with E-state index >= 15 is 0 Å². The van der Waals surface area contributed by atoms with Gasteiger partial charge in [-0.05, 0) is 29.2 Å². The Hall–Kier alpha value is -2.62. The van der Waals surface area contributed by atoms with Gasteiger partial charge < -0.3 is 16.4 Å². The zero-order valence-corrected chi connectivity index (χ0v) is 13.2. The van der Waals surface area contributed by atoms with Gasteiger partial charge in [0.15, 0.2) is 5.69 Å². The molecule has 4 N–H and O–H groups in total. The quantitative estimate of drug-likeness (QED) is 0.779. The number of amides is 2. The van der Waals surface area contributed by atoms with Crippen LogP contribution in [0.25, 0.3) is 0 Å². The van der Waals surface area contributed by atoms with Crippen molar-refractivity contribution in [3.63, 3.8) is 0 Å². The summed E-state index contributed by atoms with van der Waals surface area (Å²) in [5.74, 6) is -1.06. The molecule has 0 aliphatic heterocycles. The predicted octanol–water partition coefficient (Wildman–Crippen LogP) is 2.03. The molecule has 10 heteroatoms. The first-order valence-electron chi connectivity index (χ1n) is 6.65. The summed E-state index contributed by atoms with van der Waals surface area (Å²) in [5.41, 5.74) is 5.37. The van der Waals surface area contributed by atoms with Crippen LogP contribution in [0.4, 0.5) is 18.9 Å². The molecule has 0 spiro atoms. The van der Waals surface area contributed by atoms with Crippen molar-refractivity contribution >= 4 is 29.0 Å². The van der Waals surface area contributed by atoms with Crippen LogP contribution in [0.3, 0.4) is 0 Å². The first-order valence-corrected chi connectivity index (χ1v) is 7.43. The lowest BCUT2D eigenvalue weighted by Crippen LogP contribution is -2.24. The minimum absolute atomic E-state index is 0.0175. The highest BCUT2D eigenvalue weighted by Crippen LogP contribution is 2.29. The lowest BCUT2D eigenvalue weighted by atomic mass is 10.1. The van der Waals surface area contributed by atoms with Crippen molar-refractivity contribution in [1.82, 2.24) is 15.0 Å². The van der Waals surface area contributed by atoms with Crippen molar-refractivity contribution < 1.29 is 22.8 Å². The topological polar surface area (TPSA) is 97.1 Å². The summed E-state index contributed by atoms with van der Waals surface area (Å²) in [6.45, 7) is 0.0175. The van der Waals surface area contributed by atoms with Crippen LogP contribution in [0.2, 0.25) is 0 Å². The number of aromatic nitrogens is 1. The summed E-state index contributed by atoms with van der Waals surface area (Å²) < 4.78 is 41.2. The summed E-state index contributed by atoms with van der Waals surface area (Å²) in [4.78, 5) is 23.6. The Labute approximate surface area is 139 Å². The molecule has 1 aromatic heterocycles. The lowest BCUT2D eigenvalue weighted by Gasteiger charge is -2.08. The van der Waals surface area contributed by atoms with Crippen LogP contribution in [-0.2, 0) is 12.7 Å². The highest BCUT2D eigenvalue weighted by molar-refractivity contribution is 7.09. The molecule has 1 aromatic carbocycles. The number of hydrogen-bond donors (Lipinski definition) is 3. The van der Waals surface area contributed by atoms with Gasteiger partial charge in [-0.25, -0.2) is 0 Å². The van der Waals surface area contributed by atoms with E-state index in [2.05, 4.69) is 15.0 Å². The molecule has 0 fully saturated rings. The van der Waals surface area contributed by atoms with Crippen LogP contribution in [0, 0.1) is 0 Å². The molecule has 24 heavy (non-hydrogen) atoms. The minimum Gasteiger partial charge on any atom is -0.395 e. The maximum atomic E-state index is 12.5. The van der Waals surface area contributed by atoms with E-state index in [-0.39, 0.29) is 22.8 Å². The molecule has 0 aliphatic rings. The summed E-state index contributed by atoms with van der Waals surface area (Å²) in [5, 5.41) is 4.87. The van der Waals surface area contributed by atoms with Crippen LogP contribution >= 0.6 is 11.5 Å². The fourth-order valence-corrected chi connectivity index (χ4v) is 2.53. The van der Waals surface area contributed by atoms with E-state index in [0.29, 0.717) is 5.56 Å². The van der Waals surface area contributed by atoms with Crippen molar-refractivity contribution in [2.24, 2.45) is 0 Å². The standard InChI is InChI=1S/C14H13F3N4O2S/c1-19-12(22)10-9(18)11(24-21-10)13(23)20-6-7-2-4-8(5-3-7)14(15,16)17/h2-5H,6,18H2,1H3,(H,19,22)(H,20,23). The Morgan fingerprint density at radius 3 is 2.38 bits per heavy atom. The van der Waals surface area contributed by atoms with Crippen LogP contribution in [-0.4, -0.2) is 23.2 Å². The lowest BCUT2D eigenvalue weighted by molar-refractivity contribution is -0.137. The number of alkyl halides is 3. The molecule has 2 rings (SSSR count). The average Bonchev–Trinajstić information content (AvgIpc) is 2.93. The van der Waals surface area contributed by atoms with Crippen molar-refractivity contribution in [2.75, 3.05) is 12.8 Å². The summed E-state index contributed by atoms with van der Waals surface area (Å²) in [6.07, 6.45) is -4.41. The third-order valence-electron chi connectivity index (χ3n) is 3.11. The molecule has 2 amide bonds. The van der Waals surface area contributed by atoms with E-state index in [0.717, 1.165) is 23.7 Å². The van der Waals surface area contributed by atoms with Crippen LogP contribution in [0.15, 0.2) is 24.3 Å². The molecule has 0 atom stereocenters. The first kappa shape index (κ1) is 17.7. The summed E-state index contributed by atoms with van der Waals surface area (Å²) >= 11 is 0.772. The molecular weight excluding hydrogens is 345 g/mol. The van der Waals surface area contributed by atoms with Crippen LogP contribution < -0.4 is 16.4 Å². The van der Waals surface area contributed by atoms with Gasteiger partial charge in [-0.3, -0.25) is 9.59 Å². The van der Waals surface area contributed by atoms with Crippen molar-refractivity contribution in [3.8, 4) is 0 Å². The van der Waals surface area contributed by atoms with Gasteiger partial charge in [-0.1, -0.05) is 12.1 Å². The van der Waals surface area contributed by atoms with Gasteiger partial charge in [-0.2, -0.15) is 17.5 Å². The maximum absolute atomic E-state index is 12.5. The zero-order valence-electron chi connectivity index (χ0n) is 12.4. The molecule has 6 nitrogen and oxygen atoms in total. The second kappa shape index (κ2) is 6.87. The molecule has 0 aliphatic carbocycles. The predicted molar refractivity (Wildman–Crippen MR) is 82.5 cm³/mol. The SMILES string of the molecule is CNC(=O)c1nsc(C(=O)NCc2ccc(C(F)(F)F)cc2)c1N. The Kier molecular flexibility index (Phi) is 5.07. The number of nitrogens with zero attached hydrogens (tertiary/aromatic N) is 1. The van der Waals surface area contributed by atoms with Crippen LogP contribution in [0.1, 0.15) is 31.3 Å². The van der Waals surface area contributed by atoms with Gasteiger partial charge >= 0.3 is 6.18 Å². The van der Waals surface area contributed by atoms with Gasteiger partial charge in [0.1, 0.15) is 4.88 Å². The van der Waals surface area contributed by atoms with Crippen molar-refractivity contribution in [2.45, 2.75) is 12.7 Å². The average molecular weight is 358 g/mol. The van der Waals surface area contributed by atoms with E-state index in [1.54, 1.807) is 0 Å². The Balaban J connectivity index is 2.03. The molecule has 2 aromatic rings. The number of benzene rings is 1. The maximum Gasteiger partial charge on any atom is 0.416 e. The molecule has 0 radical (unpaired) electrons. The Morgan fingerprint density at radius 2 is 1.83 bits per heavy atom. The van der Waals surface area contributed by atoms with Gasteiger partial charge in [0, 0.05) is 13.6 Å². The fraction of sp³-hybridized carbons (Fsp3) is 0.214. The Morgan fingerprint density at radius 1 is 1.21 bits per heavy atom. The number of nitrogens with two attached hydrogens (primary N) is 1. The molecule has 0 bridgehead atoms. The number of hydrogen-bond acceptors (Lipinski definition) is 5. The van der Waals surface area contributed by atoms with E-state index < -0.39 is 23.6 Å². The molecule has 128 valence electrons. The van der Waals surface area contributed by atoms with Gasteiger partial charge in [-0.15, -0.1) is 0 Å². The third kappa shape index (κ3) is 3.82. The third-order valence-corrected chi connectivity index (χ3v) is 3.97. The van der Waals surface area contributed by atoms with E-state index in [1.807, 2.05) is 0 Å². The number of carbonyl (C=O) groups is 2. The second-order valence-electron chi connectivity index (χ2n) is 4.73. The van der Waals surface area contributed by atoms with Crippen LogP contribution in [0.5, 0.6) is 0 Å². The van der Waals surface area contributed by atoms with Crippen molar-refractivity contribution in [3.05, 3.63) is 46.0 Å². The van der Waals surface area contributed by atoms with E-state index in [4.69, 9.17) is 5.73 Å². The van der Waals surface area contributed by atoms with E-state index in [9.17, 15) is 22.8 Å². The monoisotopic (exact) mass is 358 g/mol. The normalized spacial score (nSPS) is 11.2. The molecule has 0 unspecified atom stereocenters. The van der Waals surface area contributed by atoms with Gasteiger partial charge in [0.25, 0.3) is 11.8 Å². The Bertz CT molecular complexity index is 756. The number of anilines is 1. The first-order chi connectivity index (χ1) is 11.2. The molecule has 0 saturated carbocycles. The number of nitrogens with one attached hydrogen (secondary N) is 2. The minimum atomic E-state index is -4.41. The summed E-state index contributed by atoms with van der Waals surface area (Å²) in [6, 6.07) is 4.42. The molecule has 1 heterocycles. The summed E-state index contributed by atoms with van der Waals surface area (Å²) in [7, 11) is 1.41. The smallest absolute Gasteiger partial charge is 0.395 e. The zero-order chi connectivity index (χ0) is 17.9. The number of nitrogen functional groups attached to an aromatic ring is 1. The largest absolute Gasteiger partial charge is 0.416 e. The number of carbonyl (C=O) groups excluding carboxylic acids is 2. The molecular formula is C14H13F3N4O2S. The number of rotatable bonds is 4. The highest BCUT2D eigenvalue weighted by Gasteiger charge is 2.30. The second-order valence-corrected chi connectivity index (χ2v) is 5.50. The van der Waals surface area contributed by atoms with Gasteiger partial charge in [0.2, 0.25) is 0 Å². The van der Waals surface area contributed by atoms with Crippen molar-refractivity contribution in [1.29, 1.82) is 0 Å². The number of halogens is 3. The van der Waals surface area contributed by atoms with E-state index in [1.165, 1.54) is 19.2 Å². The fourth-order valence-electron chi connectivity index (χ4n) is 1.82.